The number of amides is 1. The van der Waals surface area contributed by atoms with Crippen molar-refractivity contribution in [1.29, 1.82) is 0 Å². The van der Waals surface area contributed by atoms with Gasteiger partial charge in [0.15, 0.2) is 0 Å². The fourth-order valence-corrected chi connectivity index (χ4v) is 2.41. The van der Waals surface area contributed by atoms with Crippen LogP contribution in [0.5, 0.6) is 0 Å². The van der Waals surface area contributed by atoms with E-state index in [1.165, 1.54) is 12.8 Å². The highest BCUT2D eigenvalue weighted by Crippen LogP contribution is 2.50. The Morgan fingerprint density at radius 2 is 2.20 bits per heavy atom. The second kappa shape index (κ2) is 4.12. The molecule has 0 spiro atoms. The van der Waals surface area contributed by atoms with Gasteiger partial charge in [-0.1, -0.05) is 13.3 Å². The maximum absolute atomic E-state index is 12.1. The molecule has 2 aliphatic carbocycles. The lowest BCUT2D eigenvalue weighted by Gasteiger charge is -2.20. The molecule has 0 aromatic carbocycles. The lowest BCUT2D eigenvalue weighted by molar-refractivity contribution is -0.127. The van der Waals surface area contributed by atoms with Crippen molar-refractivity contribution in [2.75, 3.05) is 6.54 Å². The molecule has 1 atom stereocenters. The fourth-order valence-electron chi connectivity index (χ4n) is 2.41. The summed E-state index contributed by atoms with van der Waals surface area (Å²) in [4.78, 5) is 12.1. The van der Waals surface area contributed by atoms with Crippen molar-refractivity contribution in [3.63, 3.8) is 0 Å². The van der Waals surface area contributed by atoms with E-state index in [1.54, 1.807) is 0 Å². The predicted octanol–water partition coefficient (Wildman–Crippen LogP) is 1.42. The number of carbonyl (C=O) groups excluding carboxylic acids is 1. The van der Waals surface area contributed by atoms with Gasteiger partial charge in [-0.15, -0.1) is 0 Å². The maximum Gasteiger partial charge on any atom is 0.226 e. The van der Waals surface area contributed by atoms with E-state index in [4.69, 9.17) is 5.73 Å². The highest BCUT2D eigenvalue weighted by molar-refractivity contribution is 5.85. The highest BCUT2D eigenvalue weighted by atomic mass is 16.2. The number of nitrogens with two attached hydrogens (primary N) is 1. The van der Waals surface area contributed by atoms with Gasteiger partial charge in [0.25, 0.3) is 0 Å². The number of carbonyl (C=O) groups is 1. The molecule has 15 heavy (non-hydrogen) atoms. The molecule has 2 saturated carbocycles. The summed E-state index contributed by atoms with van der Waals surface area (Å²) in [6, 6.07) is 0.242. The van der Waals surface area contributed by atoms with Gasteiger partial charge in [-0.25, -0.2) is 0 Å². The SMILES string of the molecule is CCCC1(C(=O)NC(CN)C2CC2)CC1. The summed E-state index contributed by atoms with van der Waals surface area (Å²) < 4.78 is 0. The third kappa shape index (κ3) is 2.33. The Labute approximate surface area is 91.8 Å². The van der Waals surface area contributed by atoms with E-state index >= 15 is 0 Å². The van der Waals surface area contributed by atoms with Crippen LogP contribution in [0.1, 0.15) is 45.4 Å². The lowest BCUT2D eigenvalue weighted by Crippen LogP contribution is -2.45. The van der Waals surface area contributed by atoms with Gasteiger partial charge >= 0.3 is 0 Å². The van der Waals surface area contributed by atoms with E-state index in [0.717, 1.165) is 25.7 Å². The molecular formula is C12H22N2O. The molecule has 1 amide bonds. The van der Waals surface area contributed by atoms with E-state index < -0.39 is 0 Å². The summed E-state index contributed by atoms with van der Waals surface area (Å²) in [6.45, 7) is 2.74. The Balaban J connectivity index is 1.85. The lowest BCUT2D eigenvalue weighted by atomic mass is 9.99. The quantitative estimate of drug-likeness (QED) is 0.696. The number of rotatable bonds is 6. The average molecular weight is 210 g/mol. The van der Waals surface area contributed by atoms with Crippen molar-refractivity contribution in [3.8, 4) is 0 Å². The largest absolute Gasteiger partial charge is 0.351 e. The summed E-state index contributed by atoms with van der Waals surface area (Å²) >= 11 is 0. The molecule has 86 valence electrons. The molecular weight excluding hydrogens is 188 g/mol. The zero-order valence-corrected chi connectivity index (χ0v) is 9.59. The smallest absolute Gasteiger partial charge is 0.226 e. The minimum absolute atomic E-state index is 0.00292. The van der Waals surface area contributed by atoms with Gasteiger partial charge in [0.1, 0.15) is 0 Å². The third-order valence-electron chi connectivity index (χ3n) is 3.83. The van der Waals surface area contributed by atoms with Crippen molar-refractivity contribution < 1.29 is 4.79 Å². The van der Waals surface area contributed by atoms with Crippen LogP contribution in [0.2, 0.25) is 0 Å². The summed E-state index contributed by atoms with van der Waals surface area (Å²) in [5, 5.41) is 3.15. The van der Waals surface area contributed by atoms with Gasteiger partial charge in [-0.2, -0.15) is 0 Å². The van der Waals surface area contributed by atoms with E-state index in [1.807, 2.05) is 0 Å². The fraction of sp³-hybridized carbons (Fsp3) is 0.917. The number of nitrogens with one attached hydrogen (secondary N) is 1. The molecule has 2 fully saturated rings. The summed E-state index contributed by atoms with van der Waals surface area (Å²) in [5.74, 6) is 0.933. The van der Waals surface area contributed by atoms with Crippen molar-refractivity contribution in [2.45, 2.75) is 51.5 Å². The minimum Gasteiger partial charge on any atom is -0.351 e. The van der Waals surface area contributed by atoms with Crippen LogP contribution in [0.4, 0.5) is 0 Å². The van der Waals surface area contributed by atoms with Crippen LogP contribution in [0.25, 0.3) is 0 Å². The van der Waals surface area contributed by atoms with Crippen LogP contribution in [0.3, 0.4) is 0 Å². The summed E-state index contributed by atoms with van der Waals surface area (Å²) in [5.41, 5.74) is 5.68. The van der Waals surface area contributed by atoms with Crippen LogP contribution in [-0.4, -0.2) is 18.5 Å². The number of hydrogen-bond acceptors (Lipinski definition) is 2. The first kappa shape index (κ1) is 10.9. The molecule has 0 bridgehead atoms. The molecule has 0 saturated heterocycles. The van der Waals surface area contributed by atoms with Gasteiger partial charge in [0.05, 0.1) is 0 Å². The summed E-state index contributed by atoms with van der Waals surface area (Å²) in [6.07, 6.45) is 6.78. The number of hydrogen-bond donors (Lipinski definition) is 2. The summed E-state index contributed by atoms with van der Waals surface area (Å²) in [7, 11) is 0. The van der Waals surface area contributed by atoms with Crippen LogP contribution in [0, 0.1) is 11.3 Å². The molecule has 2 aliphatic rings. The Morgan fingerprint density at radius 3 is 2.60 bits per heavy atom. The zero-order chi connectivity index (χ0) is 10.9. The second-order valence-corrected chi connectivity index (χ2v) is 5.18. The van der Waals surface area contributed by atoms with Crippen LogP contribution < -0.4 is 11.1 Å². The molecule has 3 heteroatoms. The van der Waals surface area contributed by atoms with Crippen LogP contribution >= 0.6 is 0 Å². The molecule has 3 nitrogen and oxygen atoms in total. The Hall–Kier alpha value is -0.570. The third-order valence-corrected chi connectivity index (χ3v) is 3.83. The van der Waals surface area contributed by atoms with Crippen molar-refractivity contribution in [3.05, 3.63) is 0 Å². The zero-order valence-electron chi connectivity index (χ0n) is 9.59. The van der Waals surface area contributed by atoms with E-state index in [-0.39, 0.29) is 17.4 Å². The van der Waals surface area contributed by atoms with Gasteiger partial charge in [-0.05, 0) is 38.0 Å². The molecule has 3 N–H and O–H groups in total. The van der Waals surface area contributed by atoms with E-state index in [0.29, 0.717) is 12.5 Å². The first-order chi connectivity index (χ1) is 7.22. The standard InChI is InChI=1S/C12H22N2O/c1-2-5-12(6-7-12)11(15)14-10(8-13)9-3-4-9/h9-10H,2-8,13H2,1H3,(H,14,15). The van der Waals surface area contributed by atoms with E-state index in [2.05, 4.69) is 12.2 Å². The molecule has 0 aliphatic heterocycles. The monoisotopic (exact) mass is 210 g/mol. The van der Waals surface area contributed by atoms with E-state index in [9.17, 15) is 4.79 Å². The van der Waals surface area contributed by atoms with Crippen molar-refractivity contribution in [1.82, 2.24) is 5.32 Å². The molecule has 0 aromatic rings. The molecule has 0 heterocycles. The van der Waals surface area contributed by atoms with Gasteiger partial charge < -0.3 is 11.1 Å². The normalized spacial score (nSPS) is 24.7. The first-order valence-corrected chi connectivity index (χ1v) is 6.23. The molecule has 2 rings (SSSR count). The second-order valence-electron chi connectivity index (χ2n) is 5.18. The van der Waals surface area contributed by atoms with Gasteiger partial charge in [-0.3, -0.25) is 4.79 Å². The molecule has 0 aromatic heterocycles. The predicted molar refractivity (Wildman–Crippen MR) is 60.3 cm³/mol. The Morgan fingerprint density at radius 1 is 1.53 bits per heavy atom. The topological polar surface area (TPSA) is 55.1 Å². The van der Waals surface area contributed by atoms with Gasteiger partial charge in [0.2, 0.25) is 5.91 Å². The van der Waals surface area contributed by atoms with Crippen LogP contribution in [0.15, 0.2) is 0 Å². The first-order valence-electron chi connectivity index (χ1n) is 6.23. The maximum atomic E-state index is 12.1. The Kier molecular flexibility index (Phi) is 3.01. The van der Waals surface area contributed by atoms with Crippen molar-refractivity contribution in [2.24, 2.45) is 17.1 Å². The minimum atomic E-state index is -0.00292. The average Bonchev–Trinajstić information content (AvgIpc) is 3.06. The Bertz CT molecular complexity index is 244. The molecule has 1 unspecified atom stereocenters. The molecule has 0 radical (unpaired) electrons. The van der Waals surface area contributed by atoms with Gasteiger partial charge in [0, 0.05) is 18.0 Å². The van der Waals surface area contributed by atoms with Crippen molar-refractivity contribution >= 4 is 5.91 Å². The van der Waals surface area contributed by atoms with Crippen LogP contribution in [-0.2, 0) is 4.79 Å². The highest BCUT2D eigenvalue weighted by Gasteiger charge is 2.49.